The maximum atomic E-state index is 13.2. The summed E-state index contributed by atoms with van der Waals surface area (Å²) >= 11 is 0. The van der Waals surface area contributed by atoms with Crippen LogP contribution in [0.25, 0.3) is 0 Å². The fourth-order valence-corrected chi connectivity index (χ4v) is 4.15. The van der Waals surface area contributed by atoms with Crippen LogP contribution in [0.3, 0.4) is 0 Å². The Morgan fingerprint density at radius 1 is 1.42 bits per heavy atom. The van der Waals surface area contributed by atoms with Crippen LogP contribution < -0.4 is 10.0 Å². The molecule has 1 unspecified atom stereocenters. The Labute approximate surface area is 151 Å². The lowest BCUT2D eigenvalue weighted by molar-refractivity contribution is -0.0523. The van der Waals surface area contributed by atoms with Gasteiger partial charge in [0.1, 0.15) is 4.90 Å². The van der Waals surface area contributed by atoms with Gasteiger partial charge in [-0.25, -0.2) is 18.1 Å². The summed E-state index contributed by atoms with van der Waals surface area (Å²) in [7, 11) is -2.12. The number of nitrogens with zero attached hydrogens (tertiary/aromatic N) is 2. The zero-order valence-corrected chi connectivity index (χ0v) is 15.5. The third kappa shape index (κ3) is 3.73. The van der Waals surface area contributed by atoms with Crippen molar-refractivity contribution in [3.05, 3.63) is 41.7 Å². The molecule has 2 aromatic heterocycles. The lowest BCUT2D eigenvalue weighted by atomic mass is 10.0. The molecule has 2 aromatic rings. The third-order valence-corrected chi connectivity index (χ3v) is 5.75. The minimum atomic E-state index is -3.75. The van der Waals surface area contributed by atoms with E-state index in [9.17, 15) is 17.9 Å². The number of hydrogen-bond acceptors (Lipinski definition) is 6. The molecule has 10 heteroatoms. The van der Waals surface area contributed by atoms with Crippen molar-refractivity contribution in [1.82, 2.24) is 14.3 Å². The summed E-state index contributed by atoms with van der Waals surface area (Å²) in [5.74, 6) is -0.586. The fraction of sp³-hybridized carbons (Fsp3) is 0.438. The number of pyridine rings is 1. The second-order valence-electron chi connectivity index (χ2n) is 6.75. The first-order chi connectivity index (χ1) is 12.1. The van der Waals surface area contributed by atoms with Crippen LogP contribution in [0.2, 0.25) is 0 Å². The summed E-state index contributed by atoms with van der Waals surface area (Å²) in [6.07, 6.45) is 1.48. The molecule has 1 aliphatic heterocycles. The van der Waals surface area contributed by atoms with Crippen LogP contribution in [-0.2, 0) is 21.8 Å². The second-order valence-corrected chi connectivity index (χ2v) is 8.43. The number of aromatic nitrogens is 2. The number of aliphatic hydroxyl groups excluding tert-OH is 1. The van der Waals surface area contributed by atoms with Gasteiger partial charge in [0.05, 0.1) is 36.3 Å². The molecule has 0 amide bonds. The van der Waals surface area contributed by atoms with Gasteiger partial charge < -0.3 is 19.7 Å². The normalized spacial score (nSPS) is 17.6. The van der Waals surface area contributed by atoms with Crippen molar-refractivity contribution in [1.29, 1.82) is 0 Å². The Bertz CT molecular complexity index is 924. The Balaban J connectivity index is 1.79. The van der Waals surface area contributed by atoms with Gasteiger partial charge in [-0.3, -0.25) is 0 Å². The van der Waals surface area contributed by atoms with E-state index in [0.717, 1.165) is 0 Å². The fourth-order valence-electron chi connectivity index (χ4n) is 2.69. The average molecular weight is 384 g/mol. The Morgan fingerprint density at radius 3 is 2.69 bits per heavy atom. The smallest absolute Gasteiger partial charge is 0.242 e. The Hall–Kier alpha value is -2.01. The van der Waals surface area contributed by atoms with Gasteiger partial charge in [0.2, 0.25) is 16.0 Å². The number of anilines is 1. The van der Waals surface area contributed by atoms with Crippen LogP contribution in [0.1, 0.15) is 24.4 Å². The van der Waals surface area contributed by atoms with Crippen LogP contribution in [0.4, 0.5) is 10.1 Å². The van der Waals surface area contributed by atoms with Crippen LogP contribution in [0.15, 0.2) is 29.4 Å². The topological polar surface area (TPSA) is 105 Å². The largest absolute Gasteiger partial charge is 0.377 e. The van der Waals surface area contributed by atoms with E-state index in [1.54, 1.807) is 20.9 Å². The van der Waals surface area contributed by atoms with Gasteiger partial charge in [-0.15, -0.1) is 0 Å². The number of aryl methyl sites for hydroxylation is 2. The van der Waals surface area contributed by atoms with Crippen molar-refractivity contribution in [2.45, 2.75) is 30.5 Å². The number of sulfonamides is 1. The summed E-state index contributed by atoms with van der Waals surface area (Å²) < 4.78 is 47.5. The van der Waals surface area contributed by atoms with E-state index >= 15 is 0 Å². The molecule has 1 aliphatic rings. The highest BCUT2D eigenvalue weighted by molar-refractivity contribution is 7.89. The molecule has 3 N–H and O–H groups in total. The molecular weight excluding hydrogens is 363 g/mol. The molecule has 3 rings (SSSR count). The highest BCUT2D eigenvalue weighted by Crippen LogP contribution is 2.24. The first-order valence-electron chi connectivity index (χ1n) is 7.94. The van der Waals surface area contributed by atoms with Gasteiger partial charge in [-0.1, -0.05) is 0 Å². The first-order valence-corrected chi connectivity index (χ1v) is 9.43. The van der Waals surface area contributed by atoms with Crippen LogP contribution >= 0.6 is 0 Å². The van der Waals surface area contributed by atoms with E-state index in [1.807, 2.05) is 0 Å². The molecule has 26 heavy (non-hydrogen) atoms. The zero-order chi connectivity index (χ0) is 19.1. The number of rotatable bonds is 6. The minimum absolute atomic E-state index is 0.0392. The number of ether oxygens (including phenoxy) is 1. The summed E-state index contributed by atoms with van der Waals surface area (Å²) in [4.78, 5) is 3.62. The number of nitrogens with one attached hydrogen (secondary N) is 2. The van der Waals surface area contributed by atoms with Crippen molar-refractivity contribution in [2.24, 2.45) is 7.05 Å². The van der Waals surface area contributed by atoms with Crippen molar-refractivity contribution in [2.75, 3.05) is 18.5 Å². The molecule has 1 fully saturated rings. The lowest BCUT2D eigenvalue weighted by Gasteiger charge is -2.38. The van der Waals surface area contributed by atoms with E-state index in [4.69, 9.17) is 4.74 Å². The molecule has 0 aromatic carbocycles. The third-order valence-electron chi connectivity index (χ3n) is 4.15. The van der Waals surface area contributed by atoms with Gasteiger partial charge in [0.15, 0.2) is 6.23 Å². The SMILES string of the molecule is Cc1cc(NC(O)c2cc(S(=O)(=O)NC3(C)COC3)cn2C)cnc1F. The molecular formula is C16H21FN4O4S. The van der Waals surface area contributed by atoms with Crippen LogP contribution in [0, 0.1) is 12.9 Å². The molecule has 8 nitrogen and oxygen atoms in total. The van der Waals surface area contributed by atoms with Gasteiger partial charge >= 0.3 is 0 Å². The summed E-state index contributed by atoms with van der Waals surface area (Å²) in [6.45, 7) is 3.95. The molecule has 0 saturated carbocycles. The van der Waals surface area contributed by atoms with Gasteiger partial charge in [-0.2, -0.15) is 4.39 Å². The maximum absolute atomic E-state index is 13.2. The summed E-state index contributed by atoms with van der Waals surface area (Å²) in [5, 5.41) is 13.2. The van der Waals surface area contributed by atoms with Crippen molar-refractivity contribution >= 4 is 15.7 Å². The highest BCUT2D eigenvalue weighted by atomic mass is 32.2. The molecule has 0 bridgehead atoms. The van der Waals surface area contributed by atoms with Gasteiger partial charge in [0.25, 0.3) is 0 Å². The number of halogens is 1. The quantitative estimate of drug-likeness (QED) is 0.508. The van der Waals surface area contributed by atoms with E-state index in [2.05, 4.69) is 15.0 Å². The Kier molecular flexibility index (Phi) is 4.78. The highest BCUT2D eigenvalue weighted by Gasteiger charge is 2.38. The number of aliphatic hydroxyl groups is 1. The van der Waals surface area contributed by atoms with Crippen molar-refractivity contribution < 1.29 is 22.7 Å². The second kappa shape index (κ2) is 6.62. The van der Waals surface area contributed by atoms with Gasteiger partial charge in [-0.05, 0) is 26.0 Å². The molecule has 0 spiro atoms. The van der Waals surface area contributed by atoms with Crippen LogP contribution in [0.5, 0.6) is 0 Å². The van der Waals surface area contributed by atoms with E-state index in [-0.39, 0.29) is 4.90 Å². The lowest BCUT2D eigenvalue weighted by Crippen LogP contribution is -2.59. The van der Waals surface area contributed by atoms with E-state index in [0.29, 0.717) is 30.2 Å². The molecule has 0 aliphatic carbocycles. The van der Waals surface area contributed by atoms with E-state index < -0.39 is 27.7 Å². The zero-order valence-electron chi connectivity index (χ0n) is 14.7. The molecule has 3 heterocycles. The molecule has 142 valence electrons. The standard InChI is InChI=1S/C16H21FN4O4S/c1-10-4-11(6-18-14(10)17)19-15(22)13-5-12(7-21(13)3)26(23,24)20-16(2)8-25-9-16/h4-7,15,19-20,22H,8-9H2,1-3H3. The van der Waals surface area contributed by atoms with Gasteiger partial charge in [0, 0.05) is 18.8 Å². The van der Waals surface area contributed by atoms with Crippen molar-refractivity contribution in [3.63, 3.8) is 0 Å². The van der Waals surface area contributed by atoms with Crippen LogP contribution in [-0.4, -0.2) is 41.8 Å². The predicted octanol–water partition coefficient (Wildman–Crippen LogP) is 1.04. The monoisotopic (exact) mass is 384 g/mol. The summed E-state index contributed by atoms with van der Waals surface area (Å²) in [5.41, 5.74) is 0.461. The minimum Gasteiger partial charge on any atom is -0.377 e. The first kappa shape index (κ1) is 18.8. The van der Waals surface area contributed by atoms with E-state index in [1.165, 1.54) is 29.1 Å². The maximum Gasteiger partial charge on any atom is 0.242 e. The predicted molar refractivity (Wildman–Crippen MR) is 92.5 cm³/mol. The summed E-state index contributed by atoms with van der Waals surface area (Å²) in [6, 6.07) is 2.89. The number of hydrogen-bond donors (Lipinski definition) is 3. The molecule has 0 radical (unpaired) electrons. The average Bonchev–Trinajstić information content (AvgIpc) is 2.92. The molecule has 1 atom stereocenters. The Morgan fingerprint density at radius 2 is 2.12 bits per heavy atom. The molecule has 1 saturated heterocycles. The van der Waals surface area contributed by atoms with Crippen molar-refractivity contribution in [3.8, 4) is 0 Å².